The first-order valence-corrected chi connectivity index (χ1v) is 11.7. The van der Waals surface area contributed by atoms with E-state index in [9.17, 15) is 0 Å². The second-order valence-electron chi connectivity index (χ2n) is 7.42. The molecular weight excluding hydrogens is 475 g/mol. The van der Waals surface area contributed by atoms with Crippen molar-refractivity contribution in [1.29, 1.82) is 0 Å². The molecule has 0 atom stereocenters. The van der Waals surface area contributed by atoms with Crippen molar-refractivity contribution in [3.05, 3.63) is 95.0 Å². The number of rotatable bonds is 4. The molecule has 0 saturated heterocycles. The van der Waals surface area contributed by atoms with Gasteiger partial charge in [0.1, 0.15) is 11.0 Å². The van der Waals surface area contributed by atoms with Gasteiger partial charge in [0, 0.05) is 31.0 Å². The quantitative estimate of drug-likeness (QED) is 0.248. The van der Waals surface area contributed by atoms with Crippen molar-refractivity contribution < 1.29 is 8.83 Å². The Balaban J connectivity index is 1.29. The largest absolute Gasteiger partial charge is 0.436 e. The second-order valence-corrected chi connectivity index (χ2v) is 9.44. The lowest BCUT2D eigenvalue weighted by molar-refractivity contribution is 0.619. The molecule has 6 aromatic rings. The smallest absolute Gasteiger partial charge is 0.227 e. The molecule has 0 N–H and O–H groups in total. The first-order valence-electron chi connectivity index (χ1n) is 10.1. The van der Waals surface area contributed by atoms with Crippen LogP contribution in [0.15, 0.2) is 104 Å². The zero-order valence-corrected chi connectivity index (χ0v) is 19.3. The Labute approximate surface area is 203 Å². The highest BCUT2D eigenvalue weighted by atomic mass is 35.5. The van der Waals surface area contributed by atoms with Crippen LogP contribution in [0.25, 0.3) is 45.1 Å². The monoisotopic (exact) mass is 488 g/mol. The normalized spacial score (nSPS) is 11.5. The zero-order valence-electron chi connectivity index (χ0n) is 17.0. The molecule has 2 heterocycles. The Morgan fingerprint density at radius 3 is 1.52 bits per heavy atom. The van der Waals surface area contributed by atoms with Crippen molar-refractivity contribution in [2.75, 3.05) is 0 Å². The number of aromatic nitrogens is 2. The van der Waals surface area contributed by atoms with Gasteiger partial charge in [-0.05, 0) is 72.8 Å². The maximum absolute atomic E-state index is 6.10. The standard InChI is InChI=1S/C26H14Cl2N2O2S/c27-17-5-1-3-15(11-17)25-29-21-9-7-19(13-23(21)31-25)33-20-8-10-22-24(14-20)32-26(30-22)16-4-2-6-18(28)12-16/h1-14H. The summed E-state index contributed by atoms with van der Waals surface area (Å²) in [5.74, 6) is 1.09. The third-order valence-corrected chi connectivity index (χ3v) is 6.55. The van der Waals surface area contributed by atoms with Crippen LogP contribution in [0.2, 0.25) is 10.0 Å². The highest BCUT2D eigenvalue weighted by molar-refractivity contribution is 7.99. The van der Waals surface area contributed by atoms with Crippen molar-refractivity contribution in [1.82, 2.24) is 9.97 Å². The highest BCUT2D eigenvalue weighted by Gasteiger charge is 2.12. The van der Waals surface area contributed by atoms with Crippen LogP contribution in [-0.2, 0) is 0 Å². The van der Waals surface area contributed by atoms with E-state index in [1.165, 1.54) is 0 Å². The molecule has 33 heavy (non-hydrogen) atoms. The van der Waals surface area contributed by atoms with E-state index in [1.54, 1.807) is 11.8 Å². The first-order chi connectivity index (χ1) is 16.1. The van der Waals surface area contributed by atoms with Crippen LogP contribution in [0.1, 0.15) is 0 Å². The van der Waals surface area contributed by atoms with E-state index >= 15 is 0 Å². The molecule has 0 fully saturated rings. The molecule has 4 aromatic carbocycles. The minimum Gasteiger partial charge on any atom is -0.436 e. The van der Waals surface area contributed by atoms with Gasteiger partial charge in [0.05, 0.1) is 0 Å². The molecule has 0 amide bonds. The van der Waals surface area contributed by atoms with E-state index in [4.69, 9.17) is 32.0 Å². The number of halogens is 2. The van der Waals surface area contributed by atoms with Gasteiger partial charge < -0.3 is 8.83 Å². The third-order valence-electron chi connectivity index (χ3n) is 5.10. The lowest BCUT2D eigenvalue weighted by Gasteiger charge is -2.01. The summed E-state index contributed by atoms with van der Waals surface area (Å²) in [5.41, 5.74) is 4.73. The van der Waals surface area contributed by atoms with Crippen LogP contribution in [0.5, 0.6) is 0 Å². The number of hydrogen-bond acceptors (Lipinski definition) is 5. The van der Waals surface area contributed by atoms with Crippen LogP contribution < -0.4 is 0 Å². The summed E-state index contributed by atoms with van der Waals surface area (Å²) < 4.78 is 12.0. The molecule has 4 nitrogen and oxygen atoms in total. The number of nitrogens with zero attached hydrogens (tertiary/aromatic N) is 2. The van der Waals surface area contributed by atoms with Crippen LogP contribution in [0.3, 0.4) is 0 Å². The average Bonchev–Trinajstić information content (AvgIpc) is 3.43. The number of fused-ring (bicyclic) bond motifs is 2. The van der Waals surface area contributed by atoms with Crippen LogP contribution in [-0.4, -0.2) is 9.97 Å². The predicted octanol–water partition coefficient (Wildman–Crippen LogP) is 8.76. The Morgan fingerprint density at radius 2 is 1.06 bits per heavy atom. The fraction of sp³-hybridized carbons (Fsp3) is 0. The fourth-order valence-electron chi connectivity index (χ4n) is 3.56. The van der Waals surface area contributed by atoms with E-state index < -0.39 is 0 Å². The van der Waals surface area contributed by atoms with E-state index in [1.807, 2.05) is 84.9 Å². The van der Waals surface area contributed by atoms with Crippen molar-refractivity contribution in [3.8, 4) is 22.9 Å². The molecule has 0 radical (unpaired) electrons. The molecular formula is C26H14Cl2N2O2S. The van der Waals surface area contributed by atoms with Gasteiger partial charge >= 0.3 is 0 Å². The summed E-state index contributed by atoms with van der Waals surface area (Å²) in [6.07, 6.45) is 0. The van der Waals surface area contributed by atoms with Gasteiger partial charge in [0.15, 0.2) is 11.2 Å². The summed E-state index contributed by atoms with van der Waals surface area (Å²) in [7, 11) is 0. The van der Waals surface area contributed by atoms with E-state index in [0.29, 0.717) is 21.8 Å². The molecule has 160 valence electrons. The maximum Gasteiger partial charge on any atom is 0.227 e. The Hall–Kier alpha value is -3.25. The Bertz CT molecular complexity index is 1520. The van der Waals surface area contributed by atoms with Gasteiger partial charge in [0.25, 0.3) is 0 Å². The van der Waals surface area contributed by atoms with Crippen LogP contribution in [0.4, 0.5) is 0 Å². The minimum atomic E-state index is 0.547. The van der Waals surface area contributed by atoms with Gasteiger partial charge in [-0.15, -0.1) is 0 Å². The maximum atomic E-state index is 6.10. The lowest BCUT2D eigenvalue weighted by atomic mass is 10.2. The number of oxazole rings is 2. The predicted molar refractivity (Wildman–Crippen MR) is 133 cm³/mol. The summed E-state index contributed by atoms with van der Waals surface area (Å²) in [4.78, 5) is 11.2. The molecule has 0 spiro atoms. The highest BCUT2D eigenvalue weighted by Crippen LogP contribution is 2.35. The van der Waals surface area contributed by atoms with Gasteiger partial charge in [0.2, 0.25) is 11.8 Å². The van der Waals surface area contributed by atoms with E-state index in [-0.39, 0.29) is 0 Å². The zero-order chi connectivity index (χ0) is 22.4. The van der Waals surface area contributed by atoms with E-state index in [2.05, 4.69) is 9.97 Å². The molecule has 0 unspecified atom stereocenters. The van der Waals surface area contributed by atoms with Gasteiger partial charge in [-0.3, -0.25) is 0 Å². The fourth-order valence-corrected chi connectivity index (χ4v) is 4.82. The van der Waals surface area contributed by atoms with Crippen LogP contribution in [0, 0.1) is 0 Å². The minimum absolute atomic E-state index is 0.547. The summed E-state index contributed by atoms with van der Waals surface area (Å²) in [6, 6.07) is 26.9. The van der Waals surface area contributed by atoms with E-state index in [0.717, 1.165) is 43.1 Å². The van der Waals surface area contributed by atoms with Crippen LogP contribution >= 0.6 is 35.0 Å². The summed E-state index contributed by atoms with van der Waals surface area (Å²) in [5, 5.41) is 1.29. The number of hydrogen-bond donors (Lipinski definition) is 0. The summed E-state index contributed by atoms with van der Waals surface area (Å²) >= 11 is 13.8. The van der Waals surface area contributed by atoms with Gasteiger partial charge in [-0.25, -0.2) is 9.97 Å². The molecule has 7 heteroatoms. The second kappa shape index (κ2) is 8.27. The van der Waals surface area contributed by atoms with Gasteiger partial charge in [-0.2, -0.15) is 0 Å². The summed E-state index contributed by atoms with van der Waals surface area (Å²) in [6.45, 7) is 0. The Kier molecular flexibility index (Phi) is 5.10. The third kappa shape index (κ3) is 4.11. The van der Waals surface area contributed by atoms with Crippen molar-refractivity contribution >= 4 is 57.2 Å². The number of benzene rings is 4. The lowest BCUT2D eigenvalue weighted by Crippen LogP contribution is -1.77. The molecule has 2 aromatic heterocycles. The average molecular weight is 489 g/mol. The molecule has 0 aliphatic heterocycles. The van der Waals surface area contributed by atoms with Gasteiger partial charge in [-0.1, -0.05) is 47.1 Å². The molecule has 0 aliphatic carbocycles. The first kappa shape index (κ1) is 20.4. The SMILES string of the molecule is Clc1cccc(-c2nc3ccc(Sc4ccc5nc(-c6cccc(Cl)c6)oc5c4)cc3o2)c1. The van der Waals surface area contributed by atoms with Crippen molar-refractivity contribution in [2.45, 2.75) is 9.79 Å². The Morgan fingerprint density at radius 1 is 0.576 bits per heavy atom. The van der Waals surface area contributed by atoms with Crippen molar-refractivity contribution in [3.63, 3.8) is 0 Å². The van der Waals surface area contributed by atoms with Crippen molar-refractivity contribution in [2.24, 2.45) is 0 Å². The molecule has 0 bridgehead atoms. The molecule has 6 rings (SSSR count). The molecule has 0 saturated carbocycles. The molecule has 0 aliphatic rings. The topological polar surface area (TPSA) is 52.1 Å².